The number of hydrogen-bond acceptors (Lipinski definition) is 4. The molecule has 0 saturated carbocycles. The third-order valence-corrected chi connectivity index (χ3v) is 3.62. The van der Waals surface area contributed by atoms with Gasteiger partial charge in [-0.15, -0.1) is 0 Å². The Labute approximate surface area is 134 Å². The number of halogens is 1. The predicted octanol–water partition coefficient (Wildman–Crippen LogP) is 4.29. The predicted molar refractivity (Wildman–Crippen MR) is 91.3 cm³/mol. The summed E-state index contributed by atoms with van der Waals surface area (Å²) in [6, 6.07) is 10.1. The molecule has 2 rings (SSSR count). The van der Waals surface area contributed by atoms with Crippen LogP contribution in [0.5, 0.6) is 0 Å². The second kappa shape index (κ2) is 6.02. The fourth-order valence-electron chi connectivity index (χ4n) is 1.96. The van der Waals surface area contributed by atoms with Crippen LogP contribution in [0.2, 0.25) is 0 Å². The smallest absolute Gasteiger partial charge is 0.138 e. The maximum atomic E-state index is 5.90. The van der Waals surface area contributed by atoms with Gasteiger partial charge < -0.3 is 11.1 Å². The normalized spacial score (nSPS) is 13.0. The van der Waals surface area contributed by atoms with Crippen molar-refractivity contribution in [3.05, 3.63) is 46.2 Å². The van der Waals surface area contributed by atoms with Crippen LogP contribution >= 0.6 is 15.9 Å². The molecule has 1 aromatic carbocycles. The van der Waals surface area contributed by atoms with Crippen molar-refractivity contribution in [3.63, 3.8) is 0 Å². The minimum absolute atomic E-state index is 0.129. The standard InChI is InChI=1S/C16H21BrN4/c1-10(11-6-5-7-12(17)8-11)19-14-9-13(18)20-15(21-14)16(2,3)4/h5-10H,1-4H3,(H3,18,19,20,21). The SMILES string of the molecule is CC(Nc1cc(N)nc(C(C)(C)C)n1)c1cccc(Br)c1. The molecule has 4 nitrogen and oxygen atoms in total. The summed E-state index contributed by atoms with van der Waals surface area (Å²) in [6.07, 6.45) is 0. The van der Waals surface area contributed by atoms with E-state index < -0.39 is 0 Å². The van der Waals surface area contributed by atoms with Gasteiger partial charge in [-0.25, -0.2) is 9.97 Å². The van der Waals surface area contributed by atoms with E-state index in [4.69, 9.17) is 5.73 Å². The van der Waals surface area contributed by atoms with Gasteiger partial charge in [-0.05, 0) is 24.6 Å². The maximum absolute atomic E-state index is 5.90. The molecule has 0 radical (unpaired) electrons. The summed E-state index contributed by atoms with van der Waals surface area (Å²) < 4.78 is 1.06. The van der Waals surface area contributed by atoms with Crippen LogP contribution in [0.1, 0.15) is 45.1 Å². The molecule has 2 aromatic rings. The molecule has 1 heterocycles. The van der Waals surface area contributed by atoms with Gasteiger partial charge >= 0.3 is 0 Å². The summed E-state index contributed by atoms with van der Waals surface area (Å²) in [4.78, 5) is 8.90. The van der Waals surface area contributed by atoms with Crippen LogP contribution < -0.4 is 11.1 Å². The molecule has 5 heteroatoms. The Bertz CT molecular complexity index is 634. The Morgan fingerprint density at radius 2 is 1.90 bits per heavy atom. The van der Waals surface area contributed by atoms with Crippen molar-refractivity contribution < 1.29 is 0 Å². The molecule has 112 valence electrons. The molecule has 0 spiro atoms. The van der Waals surface area contributed by atoms with E-state index in [2.05, 4.69) is 71.0 Å². The van der Waals surface area contributed by atoms with Crippen LogP contribution in [0, 0.1) is 0 Å². The van der Waals surface area contributed by atoms with Crippen molar-refractivity contribution in [2.75, 3.05) is 11.1 Å². The summed E-state index contributed by atoms with van der Waals surface area (Å²) in [5, 5.41) is 3.39. The number of nitrogens with zero attached hydrogens (tertiary/aromatic N) is 2. The Kier molecular flexibility index (Phi) is 4.52. The van der Waals surface area contributed by atoms with Gasteiger partial charge in [-0.3, -0.25) is 0 Å². The fraction of sp³-hybridized carbons (Fsp3) is 0.375. The van der Waals surface area contributed by atoms with E-state index in [0.29, 0.717) is 5.82 Å². The van der Waals surface area contributed by atoms with E-state index in [1.54, 1.807) is 6.07 Å². The lowest BCUT2D eigenvalue weighted by Crippen LogP contribution is -2.19. The average molecular weight is 349 g/mol. The lowest BCUT2D eigenvalue weighted by molar-refractivity contribution is 0.546. The van der Waals surface area contributed by atoms with Gasteiger partial charge in [0.2, 0.25) is 0 Å². The van der Waals surface area contributed by atoms with Crippen molar-refractivity contribution in [2.45, 2.75) is 39.2 Å². The third-order valence-electron chi connectivity index (χ3n) is 3.13. The summed E-state index contributed by atoms with van der Waals surface area (Å²) in [5.41, 5.74) is 6.94. The molecule has 1 aromatic heterocycles. The van der Waals surface area contributed by atoms with Gasteiger partial charge in [0.15, 0.2) is 0 Å². The van der Waals surface area contributed by atoms with Gasteiger partial charge in [-0.1, -0.05) is 48.8 Å². The molecule has 1 unspecified atom stereocenters. The van der Waals surface area contributed by atoms with Crippen LogP contribution in [0.3, 0.4) is 0 Å². The van der Waals surface area contributed by atoms with E-state index in [1.807, 2.05) is 12.1 Å². The fourth-order valence-corrected chi connectivity index (χ4v) is 2.37. The second-order valence-corrected chi connectivity index (χ2v) is 7.09. The van der Waals surface area contributed by atoms with E-state index >= 15 is 0 Å². The molecule has 3 N–H and O–H groups in total. The molecule has 21 heavy (non-hydrogen) atoms. The first kappa shape index (κ1) is 15.8. The summed E-state index contributed by atoms with van der Waals surface area (Å²) in [5.74, 6) is 1.98. The van der Waals surface area contributed by atoms with E-state index in [0.717, 1.165) is 16.1 Å². The molecule has 0 bridgehead atoms. The zero-order chi connectivity index (χ0) is 15.6. The van der Waals surface area contributed by atoms with Gasteiger partial charge in [0.05, 0.1) is 0 Å². The average Bonchev–Trinajstić information content (AvgIpc) is 2.37. The zero-order valence-corrected chi connectivity index (χ0v) is 14.4. The maximum Gasteiger partial charge on any atom is 0.138 e. The number of hydrogen-bond donors (Lipinski definition) is 2. The first-order chi connectivity index (χ1) is 9.75. The van der Waals surface area contributed by atoms with Gasteiger partial charge in [0.1, 0.15) is 17.5 Å². The molecule has 0 aliphatic carbocycles. The molecule has 0 aliphatic heterocycles. The molecule has 1 atom stereocenters. The van der Waals surface area contributed by atoms with Crippen LogP contribution in [0.25, 0.3) is 0 Å². The lowest BCUT2D eigenvalue weighted by Gasteiger charge is -2.20. The van der Waals surface area contributed by atoms with Crippen molar-refractivity contribution >= 4 is 27.6 Å². The number of anilines is 2. The van der Waals surface area contributed by atoms with Gasteiger partial charge in [0.25, 0.3) is 0 Å². The third kappa shape index (κ3) is 4.17. The van der Waals surface area contributed by atoms with Crippen molar-refractivity contribution in [2.24, 2.45) is 0 Å². The monoisotopic (exact) mass is 348 g/mol. The Morgan fingerprint density at radius 1 is 1.19 bits per heavy atom. The lowest BCUT2D eigenvalue weighted by atomic mass is 9.96. The Morgan fingerprint density at radius 3 is 2.52 bits per heavy atom. The zero-order valence-electron chi connectivity index (χ0n) is 12.8. The van der Waals surface area contributed by atoms with Crippen LogP contribution in [0.4, 0.5) is 11.6 Å². The molecular weight excluding hydrogens is 328 g/mol. The highest BCUT2D eigenvalue weighted by molar-refractivity contribution is 9.10. The van der Waals surface area contributed by atoms with E-state index in [9.17, 15) is 0 Å². The summed E-state index contributed by atoms with van der Waals surface area (Å²) in [6.45, 7) is 8.31. The highest BCUT2D eigenvalue weighted by Crippen LogP contribution is 2.24. The Hall–Kier alpha value is -1.62. The quantitative estimate of drug-likeness (QED) is 0.868. The minimum atomic E-state index is -0.134. The van der Waals surface area contributed by atoms with E-state index in [-0.39, 0.29) is 11.5 Å². The van der Waals surface area contributed by atoms with Crippen molar-refractivity contribution in [3.8, 4) is 0 Å². The number of aromatic nitrogens is 2. The number of nitrogen functional groups attached to an aromatic ring is 1. The van der Waals surface area contributed by atoms with Crippen LogP contribution in [0.15, 0.2) is 34.8 Å². The molecule has 0 aliphatic rings. The second-order valence-electron chi connectivity index (χ2n) is 6.17. The first-order valence-electron chi connectivity index (χ1n) is 6.93. The topological polar surface area (TPSA) is 63.8 Å². The number of rotatable bonds is 3. The molecule has 0 fully saturated rings. The number of nitrogens with one attached hydrogen (secondary N) is 1. The largest absolute Gasteiger partial charge is 0.384 e. The van der Waals surface area contributed by atoms with Crippen LogP contribution in [-0.4, -0.2) is 9.97 Å². The highest BCUT2D eigenvalue weighted by Gasteiger charge is 2.19. The first-order valence-corrected chi connectivity index (χ1v) is 7.72. The molecule has 0 amide bonds. The van der Waals surface area contributed by atoms with E-state index in [1.165, 1.54) is 5.56 Å². The molecule has 0 saturated heterocycles. The number of benzene rings is 1. The van der Waals surface area contributed by atoms with Crippen molar-refractivity contribution in [1.82, 2.24) is 9.97 Å². The van der Waals surface area contributed by atoms with Crippen LogP contribution in [-0.2, 0) is 5.41 Å². The minimum Gasteiger partial charge on any atom is -0.384 e. The Balaban J connectivity index is 2.25. The van der Waals surface area contributed by atoms with Crippen molar-refractivity contribution in [1.29, 1.82) is 0 Å². The van der Waals surface area contributed by atoms with Gasteiger partial charge in [0, 0.05) is 22.0 Å². The summed E-state index contributed by atoms with van der Waals surface area (Å²) >= 11 is 3.49. The highest BCUT2D eigenvalue weighted by atomic mass is 79.9. The van der Waals surface area contributed by atoms with Gasteiger partial charge in [-0.2, -0.15) is 0 Å². The number of nitrogens with two attached hydrogens (primary N) is 1. The molecular formula is C16H21BrN4. The summed E-state index contributed by atoms with van der Waals surface area (Å²) in [7, 11) is 0.